The van der Waals surface area contributed by atoms with Crippen molar-refractivity contribution in [3.63, 3.8) is 0 Å². The quantitative estimate of drug-likeness (QED) is 0.876. The first-order chi connectivity index (χ1) is 8.77. The van der Waals surface area contributed by atoms with E-state index in [1.54, 1.807) is 0 Å². The van der Waals surface area contributed by atoms with E-state index in [4.69, 9.17) is 0 Å². The van der Waals surface area contributed by atoms with E-state index in [0.717, 1.165) is 6.54 Å². The smallest absolute Gasteiger partial charge is 0.0397 e. The van der Waals surface area contributed by atoms with Crippen LogP contribution in [0.2, 0.25) is 0 Å². The minimum Gasteiger partial charge on any atom is -0.308 e. The SMILES string of the molecule is CC(NCCN1CCCCCC1)c1sccc1Br. The largest absolute Gasteiger partial charge is 0.308 e. The minimum absolute atomic E-state index is 0.450. The third-order valence-electron chi connectivity index (χ3n) is 3.62. The number of hydrogen-bond acceptors (Lipinski definition) is 3. The summed E-state index contributed by atoms with van der Waals surface area (Å²) in [4.78, 5) is 4.02. The van der Waals surface area contributed by atoms with Crippen LogP contribution in [0.1, 0.15) is 43.5 Å². The second kappa shape index (κ2) is 7.63. The Labute approximate surface area is 123 Å². The summed E-state index contributed by atoms with van der Waals surface area (Å²) >= 11 is 5.43. The number of nitrogens with one attached hydrogen (secondary N) is 1. The Morgan fingerprint density at radius 1 is 1.33 bits per heavy atom. The van der Waals surface area contributed by atoms with Gasteiger partial charge in [-0.05, 0) is 60.2 Å². The summed E-state index contributed by atoms with van der Waals surface area (Å²) in [5, 5.41) is 5.78. The van der Waals surface area contributed by atoms with Crippen LogP contribution >= 0.6 is 27.3 Å². The van der Waals surface area contributed by atoms with E-state index in [9.17, 15) is 0 Å². The van der Waals surface area contributed by atoms with Crippen molar-refractivity contribution in [3.05, 3.63) is 20.8 Å². The van der Waals surface area contributed by atoms with Crippen molar-refractivity contribution < 1.29 is 0 Å². The third kappa shape index (κ3) is 4.34. The highest BCUT2D eigenvalue weighted by molar-refractivity contribution is 9.10. The van der Waals surface area contributed by atoms with Crippen LogP contribution < -0.4 is 5.32 Å². The van der Waals surface area contributed by atoms with Crippen molar-refractivity contribution in [2.75, 3.05) is 26.2 Å². The van der Waals surface area contributed by atoms with Crippen molar-refractivity contribution >= 4 is 27.3 Å². The Kier molecular flexibility index (Phi) is 6.15. The van der Waals surface area contributed by atoms with Gasteiger partial charge < -0.3 is 10.2 Å². The zero-order chi connectivity index (χ0) is 12.8. The number of hydrogen-bond donors (Lipinski definition) is 1. The van der Waals surface area contributed by atoms with Gasteiger partial charge in [0.05, 0.1) is 0 Å². The first kappa shape index (κ1) is 14.5. The van der Waals surface area contributed by atoms with Gasteiger partial charge in [-0.15, -0.1) is 11.3 Å². The Morgan fingerprint density at radius 3 is 2.67 bits per heavy atom. The highest BCUT2D eigenvalue weighted by Crippen LogP contribution is 2.28. The standard InChI is InChI=1S/C14H23BrN2S/c1-12(14-13(15)6-11-18-14)16-7-10-17-8-4-2-3-5-9-17/h6,11-12,16H,2-5,7-10H2,1H3. The van der Waals surface area contributed by atoms with E-state index in [1.807, 2.05) is 11.3 Å². The summed E-state index contributed by atoms with van der Waals surface area (Å²) in [6.07, 6.45) is 5.60. The van der Waals surface area contributed by atoms with Crippen LogP contribution in [0.25, 0.3) is 0 Å². The molecule has 1 aromatic rings. The molecule has 2 heterocycles. The Balaban J connectivity index is 1.70. The number of likely N-dealkylation sites (tertiary alicyclic amines) is 1. The topological polar surface area (TPSA) is 15.3 Å². The van der Waals surface area contributed by atoms with Crippen molar-refractivity contribution in [1.82, 2.24) is 10.2 Å². The average molecular weight is 331 g/mol. The van der Waals surface area contributed by atoms with E-state index >= 15 is 0 Å². The second-order valence-corrected chi connectivity index (χ2v) is 6.87. The summed E-state index contributed by atoms with van der Waals surface area (Å²) in [5.41, 5.74) is 0. The molecule has 0 amide bonds. The van der Waals surface area contributed by atoms with Crippen LogP contribution in [-0.2, 0) is 0 Å². The summed E-state index contributed by atoms with van der Waals surface area (Å²) < 4.78 is 1.24. The lowest BCUT2D eigenvalue weighted by atomic mass is 10.2. The van der Waals surface area contributed by atoms with E-state index < -0.39 is 0 Å². The molecule has 1 saturated heterocycles. The van der Waals surface area contributed by atoms with Gasteiger partial charge in [0.15, 0.2) is 0 Å². The normalized spacial score (nSPS) is 19.7. The number of nitrogens with zero attached hydrogens (tertiary/aromatic N) is 1. The molecule has 1 unspecified atom stereocenters. The Hall–Kier alpha value is 0.100. The lowest BCUT2D eigenvalue weighted by Crippen LogP contribution is -2.33. The van der Waals surface area contributed by atoms with Gasteiger partial charge in [-0.1, -0.05) is 12.8 Å². The molecule has 0 aromatic carbocycles. The summed E-state index contributed by atoms with van der Waals surface area (Å²) in [7, 11) is 0. The van der Waals surface area contributed by atoms with Gasteiger partial charge >= 0.3 is 0 Å². The van der Waals surface area contributed by atoms with Gasteiger partial charge in [0.2, 0.25) is 0 Å². The van der Waals surface area contributed by atoms with Gasteiger partial charge in [-0.3, -0.25) is 0 Å². The highest BCUT2D eigenvalue weighted by Gasteiger charge is 2.12. The maximum Gasteiger partial charge on any atom is 0.0397 e. The van der Waals surface area contributed by atoms with E-state index in [-0.39, 0.29) is 0 Å². The van der Waals surface area contributed by atoms with Crippen molar-refractivity contribution in [2.24, 2.45) is 0 Å². The molecule has 1 atom stereocenters. The molecule has 1 fully saturated rings. The van der Waals surface area contributed by atoms with Gasteiger partial charge in [0, 0.05) is 28.5 Å². The maximum absolute atomic E-state index is 3.63. The van der Waals surface area contributed by atoms with Crippen LogP contribution in [-0.4, -0.2) is 31.1 Å². The fourth-order valence-corrected chi connectivity index (χ4v) is 4.26. The lowest BCUT2D eigenvalue weighted by Gasteiger charge is -2.21. The fourth-order valence-electron chi connectivity index (χ4n) is 2.51. The van der Waals surface area contributed by atoms with Crippen molar-refractivity contribution in [2.45, 2.75) is 38.6 Å². The molecule has 1 aromatic heterocycles. The molecule has 0 bridgehead atoms. The molecule has 4 heteroatoms. The monoisotopic (exact) mass is 330 g/mol. The summed E-state index contributed by atoms with van der Waals surface area (Å²) in [6, 6.07) is 2.58. The average Bonchev–Trinajstić information content (AvgIpc) is 2.63. The molecule has 1 aliphatic rings. The van der Waals surface area contributed by atoms with E-state index in [0.29, 0.717) is 6.04 Å². The third-order valence-corrected chi connectivity index (χ3v) is 5.67. The molecular weight excluding hydrogens is 308 g/mol. The highest BCUT2D eigenvalue weighted by atomic mass is 79.9. The van der Waals surface area contributed by atoms with E-state index in [2.05, 4.69) is 44.5 Å². The van der Waals surface area contributed by atoms with Crippen LogP contribution in [0.15, 0.2) is 15.9 Å². The molecule has 0 spiro atoms. The van der Waals surface area contributed by atoms with Gasteiger partial charge in [0.1, 0.15) is 0 Å². The zero-order valence-electron chi connectivity index (χ0n) is 11.1. The van der Waals surface area contributed by atoms with Crippen LogP contribution in [0.4, 0.5) is 0 Å². The van der Waals surface area contributed by atoms with Crippen LogP contribution in [0.3, 0.4) is 0 Å². The summed E-state index contributed by atoms with van der Waals surface area (Å²) in [6.45, 7) is 7.11. The first-order valence-electron chi connectivity index (χ1n) is 6.96. The van der Waals surface area contributed by atoms with Gasteiger partial charge in [-0.2, -0.15) is 0 Å². The van der Waals surface area contributed by atoms with Crippen molar-refractivity contribution in [3.8, 4) is 0 Å². The zero-order valence-corrected chi connectivity index (χ0v) is 13.5. The van der Waals surface area contributed by atoms with Crippen LogP contribution in [0.5, 0.6) is 0 Å². The molecule has 0 aliphatic carbocycles. The van der Waals surface area contributed by atoms with Crippen molar-refractivity contribution in [1.29, 1.82) is 0 Å². The Bertz CT molecular complexity index is 345. The lowest BCUT2D eigenvalue weighted by molar-refractivity contribution is 0.280. The Morgan fingerprint density at radius 2 is 2.06 bits per heavy atom. The molecule has 2 nitrogen and oxygen atoms in total. The van der Waals surface area contributed by atoms with Gasteiger partial charge in [0.25, 0.3) is 0 Å². The van der Waals surface area contributed by atoms with E-state index in [1.165, 1.54) is 54.7 Å². The minimum atomic E-state index is 0.450. The predicted molar refractivity (Wildman–Crippen MR) is 83.3 cm³/mol. The summed E-state index contributed by atoms with van der Waals surface area (Å²) in [5.74, 6) is 0. The number of thiophene rings is 1. The maximum atomic E-state index is 3.63. The second-order valence-electron chi connectivity index (χ2n) is 5.06. The fraction of sp³-hybridized carbons (Fsp3) is 0.714. The molecule has 2 rings (SSSR count). The molecular formula is C14H23BrN2S. The molecule has 0 saturated carbocycles. The molecule has 0 radical (unpaired) electrons. The first-order valence-corrected chi connectivity index (χ1v) is 8.63. The predicted octanol–water partition coefficient (Wildman–Crippen LogP) is 4.04. The molecule has 1 N–H and O–H groups in total. The van der Waals surface area contributed by atoms with Gasteiger partial charge in [-0.25, -0.2) is 0 Å². The number of rotatable bonds is 5. The molecule has 102 valence electrons. The molecule has 18 heavy (non-hydrogen) atoms. The number of halogens is 1. The van der Waals surface area contributed by atoms with Crippen LogP contribution in [0, 0.1) is 0 Å². The molecule has 1 aliphatic heterocycles.